The molecule has 1 aliphatic carbocycles. The maximum absolute atomic E-state index is 10.9. The Morgan fingerprint density at radius 3 is 2.85 bits per heavy atom. The molecular formula is C13H18BrN3O3. The third-order valence-electron chi connectivity index (χ3n) is 3.39. The highest BCUT2D eigenvalue weighted by atomic mass is 79.9. The summed E-state index contributed by atoms with van der Waals surface area (Å²) < 4.78 is 6.37. The number of aromatic nitrogens is 1. The Bertz CT molecular complexity index is 464. The maximum Gasteiger partial charge on any atom is 0.311 e. The van der Waals surface area contributed by atoms with Crippen LogP contribution in [0, 0.1) is 10.1 Å². The molecule has 1 heterocycles. The minimum Gasteiger partial charge on any atom is -0.376 e. The molecule has 0 atom stereocenters. The van der Waals surface area contributed by atoms with Gasteiger partial charge < -0.3 is 10.1 Å². The maximum atomic E-state index is 10.9. The van der Waals surface area contributed by atoms with E-state index in [1.165, 1.54) is 31.7 Å². The van der Waals surface area contributed by atoms with Crippen LogP contribution in [0.1, 0.15) is 32.1 Å². The Balaban J connectivity index is 1.83. The van der Waals surface area contributed by atoms with Gasteiger partial charge >= 0.3 is 5.69 Å². The predicted octanol–water partition coefficient (Wildman–Crippen LogP) is 3.51. The molecule has 0 saturated heterocycles. The van der Waals surface area contributed by atoms with Gasteiger partial charge in [0, 0.05) is 12.7 Å². The lowest BCUT2D eigenvalue weighted by molar-refractivity contribution is -0.384. The SMILES string of the molecule is O=[N+]([O-])c1cncc(Br)c1NCCOC1CCCCC1. The minimum atomic E-state index is -0.442. The van der Waals surface area contributed by atoms with Gasteiger partial charge in [-0.15, -0.1) is 0 Å². The number of hydrogen-bond acceptors (Lipinski definition) is 5. The number of hydrogen-bond donors (Lipinski definition) is 1. The van der Waals surface area contributed by atoms with E-state index in [0.29, 0.717) is 29.4 Å². The van der Waals surface area contributed by atoms with Gasteiger partial charge in [0.15, 0.2) is 0 Å². The van der Waals surface area contributed by atoms with E-state index in [-0.39, 0.29) is 5.69 Å². The Kier molecular flexibility index (Phi) is 5.72. The largest absolute Gasteiger partial charge is 0.376 e. The standard InChI is InChI=1S/C13H18BrN3O3/c14-11-8-15-9-12(17(18)19)13(11)16-6-7-20-10-4-2-1-3-5-10/h8-10H,1-7H2,(H,15,16). The van der Waals surface area contributed by atoms with E-state index in [4.69, 9.17) is 4.74 Å². The molecule has 20 heavy (non-hydrogen) atoms. The summed E-state index contributed by atoms with van der Waals surface area (Å²) in [7, 11) is 0. The minimum absolute atomic E-state index is 0.0305. The Morgan fingerprint density at radius 2 is 2.15 bits per heavy atom. The molecule has 0 bridgehead atoms. The molecule has 2 rings (SSSR count). The molecular weight excluding hydrogens is 326 g/mol. The molecule has 6 nitrogen and oxygen atoms in total. The second-order valence-electron chi connectivity index (χ2n) is 4.83. The lowest BCUT2D eigenvalue weighted by Gasteiger charge is -2.22. The van der Waals surface area contributed by atoms with Crippen molar-refractivity contribution < 1.29 is 9.66 Å². The summed E-state index contributed by atoms with van der Waals surface area (Å²) in [5, 5.41) is 14.0. The van der Waals surface area contributed by atoms with Crippen molar-refractivity contribution in [3.8, 4) is 0 Å². The van der Waals surface area contributed by atoms with Crippen molar-refractivity contribution in [2.45, 2.75) is 38.2 Å². The van der Waals surface area contributed by atoms with Crippen LogP contribution >= 0.6 is 15.9 Å². The average molecular weight is 344 g/mol. The third-order valence-corrected chi connectivity index (χ3v) is 3.99. The van der Waals surface area contributed by atoms with Gasteiger partial charge in [0.1, 0.15) is 11.9 Å². The summed E-state index contributed by atoms with van der Waals surface area (Å²) >= 11 is 3.27. The average Bonchev–Trinajstić information content (AvgIpc) is 2.45. The number of pyridine rings is 1. The van der Waals surface area contributed by atoms with Crippen molar-refractivity contribution in [1.29, 1.82) is 0 Å². The van der Waals surface area contributed by atoms with Gasteiger partial charge in [-0.1, -0.05) is 19.3 Å². The quantitative estimate of drug-likeness (QED) is 0.485. The molecule has 1 aliphatic rings. The molecule has 110 valence electrons. The Labute approximate surface area is 126 Å². The zero-order chi connectivity index (χ0) is 14.4. The zero-order valence-corrected chi connectivity index (χ0v) is 12.8. The first kappa shape index (κ1) is 15.2. The van der Waals surface area contributed by atoms with Crippen LogP contribution in [0.3, 0.4) is 0 Å². The second-order valence-corrected chi connectivity index (χ2v) is 5.68. The third kappa shape index (κ3) is 4.14. The normalized spacial score (nSPS) is 16.1. The van der Waals surface area contributed by atoms with Crippen LogP contribution in [0.4, 0.5) is 11.4 Å². The van der Waals surface area contributed by atoms with E-state index in [2.05, 4.69) is 26.2 Å². The topological polar surface area (TPSA) is 77.3 Å². The molecule has 0 unspecified atom stereocenters. The summed E-state index contributed by atoms with van der Waals surface area (Å²) in [4.78, 5) is 14.3. The van der Waals surface area contributed by atoms with E-state index >= 15 is 0 Å². The first-order valence-corrected chi connectivity index (χ1v) is 7.61. The molecule has 0 aliphatic heterocycles. The number of rotatable bonds is 6. The van der Waals surface area contributed by atoms with Crippen molar-refractivity contribution in [1.82, 2.24) is 4.98 Å². The zero-order valence-electron chi connectivity index (χ0n) is 11.2. The van der Waals surface area contributed by atoms with Crippen LogP contribution in [0.15, 0.2) is 16.9 Å². The highest BCUT2D eigenvalue weighted by Crippen LogP contribution is 2.30. The van der Waals surface area contributed by atoms with E-state index < -0.39 is 4.92 Å². The lowest BCUT2D eigenvalue weighted by Crippen LogP contribution is -2.20. The van der Waals surface area contributed by atoms with E-state index in [1.54, 1.807) is 0 Å². The molecule has 0 aromatic carbocycles. The number of nitrogens with zero attached hydrogens (tertiary/aromatic N) is 2. The summed E-state index contributed by atoms with van der Waals surface area (Å²) in [5.41, 5.74) is 0.425. The van der Waals surface area contributed by atoms with Gasteiger partial charge in [0.05, 0.1) is 22.1 Å². The fraction of sp³-hybridized carbons (Fsp3) is 0.615. The van der Waals surface area contributed by atoms with Crippen molar-refractivity contribution in [3.05, 3.63) is 27.0 Å². The smallest absolute Gasteiger partial charge is 0.311 e. The Morgan fingerprint density at radius 1 is 1.40 bits per heavy atom. The molecule has 0 amide bonds. The van der Waals surface area contributed by atoms with Crippen LogP contribution in [-0.4, -0.2) is 29.2 Å². The fourth-order valence-corrected chi connectivity index (χ4v) is 2.83. The predicted molar refractivity (Wildman–Crippen MR) is 79.9 cm³/mol. The number of anilines is 1. The van der Waals surface area contributed by atoms with Crippen molar-refractivity contribution in [3.63, 3.8) is 0 Å². The highest BCUT2D eigenvalue weighted by molar-refractivity contribution is 9.10. The molecule has 1 N–H and O–H groups in total. The first-order chi connectivity index (χ1) is 9.68. The summed E-state index contributed by atoms with van der Waals surface area (Å²) in [6.07, 6.45) is 9.15. The van der Waals surface area contributed by atoms with Gasteiger partial charge in [-0.3, -0.25) is 15.1 Å². The molecule has 0 spiro atoms. The van der Waals surface area contributed by atoms with Gasteiger partial charge in [-0.2, -0.15) is 0 Å². The molecule has 7 heteroatoms. The monoisotopic (exact) mass is 343 g/mol. The number of nitro groups is 1. The molecule has 0 radical (unpaired) electrons. The first-order valence-electron chi connectivity index (χ1n) is 6.82. The van der Waals surface area contributed by atoms with Gasteiger partial charge in [0.2, 0.25) is 0 Å². The summed E-state index contributed by atoms with van der Waals surface area (Å²) in [6.45, 7) is 1.09. The number of halogens is 1. The highest BCUT2D eigenvalue weighted by Gasteiger charge is 2.17. The molecule has 1 saturated carbocycles. The molecule has 1 fully saturated rings. The van der Waals surface area contributed by atoms with Crippen LogP contribution in [-0.2, 0) is 4.74 Å². The van der Waals surface area contributed by atoms with Gasteiger partial charge in [-0.05, 0) is 28.8 Å². The summed E-state index contributed by atoms with van der Waals surface area (Å²) in [6, 6.07) is 0. The lowest BCUT2D eigenvalue weighted by atomic mass is 9.98. The van der Waals surface area contributed by atoms with Crippen molar-refractivity contribution in [2.24, 2.45) is 0 Å². The molecule has 1 aromatic rings. The van der Waals surface area contributed by atoms with Crippen molar-refractivity contribution in [2.75, 3.05) is 18.5 Å². The second kappa shape index (κ2) is 7.54. The van der Waals surface area contributed by atoms with E-state index in [1.807, 2.05) is 0 Å². The molecule has 1 aromatic heterocycles. The van der Waals surface area contributed by atoms with E-state index in [9.17, 15) is 10.1 Å². The number of nitrogens with one attached hydrogen (secondary N) is 1. The van der Waals surface area contributed by atoms with Gasteiger partial charge in [-0.25, -0.2) is 0 Å². The fourth-order valence-electron chi connectivity index (χ4n) is 2.37. The van der Waals surface area contributed by atoms with Crippen molar-refractivity contribution >= 4 is 27.3 Å². The van der Waals surface area contributed by atoms with Gasteiger partial charge in [0.25, 0.3) is 0 Å². The van der Waals surface area contributed by atoms with Crippen LogP contribution in [0.5, 0.6) is 0 Å². The van der Waals surface area contributed by atoms with Crippen LogP contribution in [0.25, 0.3) is 0 Å². The summed E-state index contributed by atoms with van der Waals surface area (Å²) in [5.74, 6) is 0. The number of ether oxygens (including phenoxy) is 1. The Hall–Kier alpha value is -1.21. The van der Waals surface area contributed by atoms with Crippen LogP contribution < -0.4 is 5.32 Å². The van der Waals surface area contributed by atoms with Crippen LogP contribution in [0.2, 0.25) is 0 Å². The van der Waals surface area contributed by atoms with E-state index in [0.717, 1.165) is 12.8 Å².